The minimum atomic E-state index is -1.66. The van der Waals surface area contributed by atoms with Gasteiger partial charge < -0.3 is 15.3 Å². The van der Waals surface area contributed by atoms with Gasteiger partial charge in [-0.05, 0) is 61.8 Å². The Kier molecular flexibility index (Phi) is 3.30. The second-order valence-corrected chi connectivity index (χ2v) is 4.92. The van der Waals surface area contributed by atoms with E-state index < -0.39 is 12.1 Å². The van der Waals surface area contributed by atoms with Crippen LogP contribution < -0.4 is 0 Å². The normalized spacial score (nSPS) is 16.2. The first-order chi connectivity index (χ1) is 8.45. The van der Waals surface area contributed by atoms with E-state index in [-0.39, 0.29) is 11.3 Å². The van der Waals surface area contributed by atoms with Crippen molar-refractivity contribution < 1.29 is 20.1 Å². The number of aliphatic carboxylic acids is 1. The van der Waals surface area contributed by atoms with Crippen molar-refractivity contribution in [2.24, 2.45) is 0 Å². The highest BCUT2D eigenvalue weighted by molar-refractivity contribution is 5.77. The molecule has 1 aliphatic carbocycles. The highest BCUT2D eigenvalue weighted by Crippen LogP contribution is 2.39. The molecule has 0 amide bonds. The predicted molar refractivity (Wildman–Crippen MR) is 66.8 cm³/mol. The van der Waals surface area contributed by atoms with E-state index in [2.05, 4.69) is 0 Å². The first kappa shape index (κ1) is 12.9. The Morgan fingerprint density at radius 3 is 2.11 bits per heavy atom. The van der Waals surface area contributed by atoms with Crippen LogP contribution in [0.25, 0.3) is 0 Å². The Bertz CT molecular complexity index is 505. The third-order valence-corrected chi connectivity index (χ3v) is 3.89. The number of fused-ring (bicyclic) bond motifs is 1. The van der Waals surface area contributed by atoms with Crippen molar-refractivity contribution in [1.82, 2.24) is 0 Å². The summed E-state index contributed by atoms with van der Waals surface area (Å²) in [6.07, 6.45) is 2.31. The van der Waals surface area contributed by atoms with Crippen LogP contribution in [0.3, 0.4) is 0 Å². The Morgan fingerprint density at radius 1 is 1.11 bits per heavy atom. The van der Waals surface area contributed by atoms with Gasteiger partial charge in [-0.3, -0.25) is 0 Å². The fraction of sp³-hybridized carbons (Fsp3) is 0.500. The molecule has 0 bridgehead atoms. The van der Waals surface area contributed by atoms with Crippen molar-refractivity contribution >= 4 is 5.97 Å². The molecular formula is C14H18O4. The van der Waals surface area contributed by atoms with Crippen LogP contribution in [0.4, 0.5) is 0 Å². The summed E-state index contributed by atoms with van der Waals surface area (Å²) in [5, 5.41) is 28.8. The summed E-state index contributed by atoms with van der Waals surface area (Å²) in [6, 6.07) is 0. The molecule has 1 atom stereocenters. The van der Waals surface area contributed by atoms with E-state index in [9.17, 15) is 15.0 Å². The van der Waals surface area contributed by atoms with Crippen LogP contribution in [0.5, 0.6) is 5.75 Å². The summed E-state index contributed by atoms with van der Waals surface area (Å²) in [5.41, 5.74) is 3.82. The van der Waals surface area contributed by atoms with Gasteiger partial charge in [0.1, 0.15) is 5.75 Å². The molecule has 0 aliphatic heterocycles. The van der Waals surface area contributed by atoms with Crippen molar-refractivity contribution in [2.75, 3.05) is 0 Å². The number of aromatic hydroxyl groups is 1. The van der Waals surface area contributed by atoms with Crippen LogP contribution >= 0.6 is 0 Å². The van der Waals surface area contributed by atoms with Gasteiger partial charge in [0.25, 0.3) is 0 Å². The summed E-state index contributed by atoms with van der Waals surface area (Å²) in [7, 11) is 0. The van der Waals surface area contributed by atoms with E-state index in [1.54, 1.807) is 13.8 Å². The molecular weight excluding hydrogens is 232 g/mol. The van der Waals surface area contributed by atoms with Crippen LogP contribution in [0.15, 0.2) is 0 Å². The SMILES string of the molecule is Cc1c(O)c(C(O)C(=O)O)c(C)c2c1CCCC2. The molecule has 1 aromatic rings. The highest BCUT2D eigenvalue weighted by Gasteiger charge is 2.28. The molecule has 0 spiro atoms. The zero-order valence-electron chi connectivity index (χ0n) is 10.7. The molecule has 2 rings (SSSR count). The summed E-state index contributed by atoms with van der Waals surface area (Å²) in [5.74, 6) is -1.40. The largest absolute Gasteiger partial charge is 0.507 e. The fourth-order valence-corrected chi connectivity index (χ4v) is 2.88. The number of carbonyl (C=O) groups is 1. The van der Waals surface area contributed by atoms with E-state index >= 15 is 0 Å². The van der Waals surface area contributed by atoms with Crippen LogP contribution in [0, 0.1) is 13.8 Å². The standard InChI is InChI=1S/C14H18O4/c1-7-9-5-3-4-6-10(9)8(2)12(15)11(7)13(16)14(17)18/h13,15-16H,3-6H2,1-2H3,(H,17,18). The third-order valence-electron chi connectivity index (χ3n) is 3.89. The highest BCUT2D eigenvalue weighted by atomic mass is 16.4. The van der Waals surface area contributed by atoms with Crippen molar-refractivity contribution in [2.45, 2.75) is 45.6 Å². The lowest BCUT2D eigenvalue weighted by Gasteiger charge is -2.25. The van der Waals surface area contributed by atoms with Gasteiger partial charge in [0.2, 0.25) is 0 Å². The number of aliphatic hydroxyl groups excluding tert-OH is 1. The first-order valence-corrected chi connectivity index (χ1v) is 6.19. The maximum Gasteiger partial charge on any atom is 0.337 e. The number of hydrogen-bond acceptors (Lipinski definition) is 3. The molecule has 1 aromatic carbocycles. The summed E-state index contributed by atoms with van der Waals surface area (Å²) < 4.78 is 0. The molecule has 0 fully saturated rings. The van der Waals surface area contributed by atoms with Gasteiger partial charge in [-0.15, -0.1) is 0 Å². The molecule has 0 aromatic heterocycles. The minimum absolute atomic E-state index is 0.0666. The lowest BCUT2D eigenvalue weighted by atomic mass is 9.82. The number of carboxylic acid groups (broad SMARTS) is 1. The number of phenols is 1. The summed E-state index contributed by atoms with van der Waals surface area (Å²) >= 11 is 0. The zero-order valence-corrected chi connectivity index (χ0v) is 10.7. The maximum atomic E-state index is 10.9. The molecule has 98 valence electrons. The zero-order chi connectivity index (χ0) is 13.4. The summed E-state index contributed by atoms with van der Waals surface area (Å²) in [6.45, 7) is 3.57. The molecule has 18 heavy (non-hydrogen) atoms. The second kappa shape index (κ2) is 4.61. The number of aliphatic hydroxyl groups is 1. The van der Waals surface area contributed by atoms with E-state index in [4.69, 9.17) is 5.11 Å². The van der Waals surface area contributed by atoms with Gasteiger partial charge in [0.15, 0.2) is 6.10 Å². The van der Waals surface area contributed by atoms with Gasteiger partial charge >= 0.3 is 5.97 Å². The number of rotatable bonds is 2. The van der Waals surface area contributed by atoms with Gasteiger partial charge in [-0.2, -0.15) is 0 Å². The molecule has 1 aliphatic rings. The second-order valence-electron chi connectivity index (χ2n) is 4.92. The fourth-order valence-electron chi connectivity index (χ4n) is 2.88. The molecule has 1 unspecified atom stereocenters. The van der Waals surface area contributed by atoms with Gasteiger partial charge in [-0.25, -0.2) is 4.79 Å². The molecule has 0 saturated carbocycles. The average molecular weight is 250 g/mol. The van der Waals surface area contributed by atoms with Crippen molar-refractivity contribution in [1.29, 1.82) is 0 Å². The van der Waals surface area contributed by atoms with E-state index in [1.807, 2.05) is 0 Å². The van der Waals surface area contributed by atoms with Crippen molar-refractivity contribution in [3.8, 4) is 5.75 Å². The molecule has 0 saturated heterocycles. The van der Waals surface area contributed by atoms with E-state index in [1.165, 1.54) is 0 Å². The van der Waals surface area contributed by atoms with Crippen LogP contribution in [-0.2, 0) is 17.6 Å². The Hall–Kier alpha value is -1.55. The molecule has 4 heteroatoms. The van der Waals surface area contributed by atoms with Crippen molar-refractivity contribution in [3.05, 3.63) is 27.8 Å². The molecule has 0 heterocycles. The smallest absolute Gasteiger partial charge is 0.337 e. The number of carboxylic acids is 1. The van der Waals surface area contributed by atoms with Crippen molar-refractivity contribution in [3.63, 3.8) is 0 Å². The van der Waals surface area contributed by atoms with Gasteiger partial charge in [0.05, 0.1) is 0 Å². The van der Waals surface area contributed by atoms with E-state index in [0.717, 1.165) is 42.4 Å². The Morgan fingerprint density at radius 2 is 1.61 bits per heavy atom. The summed E-state index contributed by atoms with van der Waals surface area (Å²) in [4.78, 5) is 10.9. The Labute approximate surface area is 106 Å². The minimum Gasteiger partial charge on any atom is -0.507 e. The van der Waals surface area contributed by atoms with Gasteiger partial charge in [0, 0.05) is 5.56 Å². The monoisotopic (exact) mass is 250 g/mol. The molecule has 4 nitrogen and oxygen atoms in total. The lowest BCUT2D eigenvalue weighted by Crippen LogP contribution is -2.16. The van der Waals surface area contributed by atoms with Crippen LogP contribution in [0.2, 0.25) is 0 Å². The maximum absolute atomic E-state index is 10.9. The molecule has 0 radical (unpaired) electrons. The number of benzene rings is 1. The average Bonchev–Trinajstić information content (AvgIpc) is 2.36. The van der Waals surface area contributed by atoms with E-state index in [0.29, 0.717) is 5.56 Å². The molecule has 3 N–H and O–H groups in total. The third kappa shape index (κ3) is 1.86. The topological polar surface area (TPSA) is 77.8 Å². The lowest BCUT2D eigenvalue weighted by molar-refractivity contribution is -0.147. The number of hydrogen-bond donors (Lipinski definition) is 3. The van der Waals surface area contributed by atoms with Gasteiger partial charge in [-0.1, -0.05) is 0 Å². The Balaban J connectivity index is 2.68. The quantitative estimate of drug-likeness (QED) is 0.750. The number of phenolic OH excluding ortho intramolecular Hbond substituents is 1. The van der Waals surface area contributed by atoms with Crippen LogP contribution in [-0.4, -0.2) is 21.3 Å². The first-order valence-electron chi connectivity index (χ1n) is 6.19. The predicted octanol–water partition coefficient (Wildman–Crippen LogP) is 2.01. The van der Waals surface area contributed by atoms with Crippen LogP contribution in [0.1, 0.15) is 46.8 Å².